The van der Waals surface area contributed by atoms with E-state index >= 15 is 0 Å². The molecule has 1 aromatic rings. The van der Waals surface area contributed by atoms with Crippen molar-refractivity contribution in [3.63, 3.8) is 0 Å². The standard InChI is InChI=1S/C18H25F2NO4S/c1-17(2,3)25-16(23)21-7-5-18(6-8-21)14-11(4-9-24-18)10-12(26-14)13(22)15(19)20/h10,13,15,22H,4-9H2,1-3H3. The van der Waals surface area contributed by atoms with Crippen LogP contribution in [0, 0.1) is 0 Å². The molecule has 26 heavy (non-hydrogen) atoms. The van der Waals surface area contributed by atoms with Crippen LogP contribution < -0.4 is 0 Å². The van der Waals surface area contributed by atoms with E-state index in [2.05, 4.69) is 0 Å². The van der Waals surface area contributed by atoms with Crippen molar-refractivity contribution in [1.82, 2.24) is 4.90 Å². The van der Waals surface area contributed by atoms with Gasteiger partial charge in [-0.3, -0.25) is 0 Å². The van der Waals surface area contributed by atoms with Crippen molar-refractivity contribution in [2.24, 2.45) is 0 Å². The van der Waals surface area contributed by atoms with E-state index < -0.39 is 23.7 Å². The zero-order chi connectivity index (χ0) is 19.1. The lowest BCUT2D eigenvalue weighted by molar-refractivity contribution is -0.0950. The number of alkyl halides is 2. The van der Waals surface area contributed by atoms with Crippen LogP contribution in [0.4, 0.5) is 13.6 Å². The van der Waals surface area contributed by atoms with Gasteiger partial charge in [-0.1, -0.05) is 0 Å². The number of hydrogen-bond acceptors (Lipinski definition) is 5. The highest BCUT2D eigenvalue weighted by molar-refractivity contribution is 7.12. The van der Waals surface area contributed by atoms with Crippen molar-refractivity contribution in [2.75, 3.05) is 19.7 Å². The van der Waals surface area contributed by atoms with Gasteiger partial charge in [0.2, 0.25) is 0 Å². The highest BCUT2D eigenvalue weighted by atomic mass is 32.1. The third-order valence-electron chi connectivity index (χ3n) is 4.74. The molecule has 2 aliphatic heterocycles. The molecule has 1 saturated heterocycles. The molecule has 0 saturated carbocycles. The number of piperidine rings is 1. The molecule has 1 unspecified atom stereocenters. The lowest BCUT2D eigenvalue weighted by Crippen LogP contribution is -2.49. The molecule has 1 atom stereocenters. The molecule has 0 aromatic carbocycles. The maximum absolute atomic E-state index is 12.9. The van der Waals surface area contributed by atoms with Crippen molar-refractivity contribution in [3.8, 4) is 0 Å². The second-order valence-corrected chi connectivity index (χ2v) is 8.93. The van der Waals surface area contributed by atoms with E-state index in [0.717, 1.165) is 10.4 Å². The number of amides is 1. The fourth-order valence-corrected chi connectivity index (χ4v) is 4.86. The Kier molecular flexibility index (Phi) is 5.29. The average Bonchev–Trinajstić information content (AvgIpc) is 2.99. The molecule has 1 fully saturated rings. The number of nitrogens with zero attached hydrogens (tertiary/aromatic N) is 1. The van der Waals surface area contributed by atoms with Gasteiger partial charge in [-0.25, -0.2) is 13.6 Å². The molecular formula is C18H25F2NO4S. The van der Waals surface area contributed by atoms with Crippen LogP contribution in [0.25, 0.3) is 0 Å². The summed E-state index contributed by atoms with van der Waals surface area (Å²) in [6, 6.07) is 1.68. The quantitative estimate of drug-likeness (QED) is 0.835. The first-order valence-corrected chi connectivity index (χ1v) is 9.64. The minimum Gasteiger partial charge on any atom is -0.444 e. The number of aliphatic hydroxyl groups excluding tert-OH is 1. The first-order chi connectivity index (χ1) is 12.1. The Morgan fingerprint density at radius 3 is 2.62 bits per heavy atom. The molecular weight excluding hydrogens is 364 g/mol. The van der Waals surface area contributed by atoms with E-state index in [1.807, 2.05) is 20.8 Å². The largest absolute Gasteiger partial charge is 0.444 e. The van der Waals surface area contributed by atoms with Gasteiger partial charge in [0.15, 0.2) is 0 Å². The van der Waals surface area contributed by atoms with Gasteiger partial charge in [0, 0.05) is 22.8 Å². The first kappa shape index (κ1) is 19.5. The van der Waals surface area contributed by atoms with Gasteiger partial charge >= 0.3 is 6.09 Å². The number of halogens is 2. The molecule has 3 rings (SSSR count). The predicted octanol–water partition coefficient (Wildman–Crippen LogP) is 3.85. The summed E-state index contributed by atoms with van der Waals surface area (Å²) >= 11 is 1.21. The Morgan fingerprint density at radius 1 is 1.38 bits per heavy atom. The molecule has 0 aliphatic carbocycles. The van der Waals surface area contributed by atoms with Crippen LogP contribution in [0.3, 0.4) is 0 Å². The summed E-state index contributed by atoms with van der Waals surface area (Å²) in [5.41, 5.74) is -0.132. The van der Waals surface area contributed by atoms with Crippen molar-refractivity contribution in [3.05, 3.63) is 21.4 Å². The average molecular weight is 389 g/mol. The fourth-order valence-electron chi connectivity index (χ4n) is 3.46. The zero-order valence-electron chi connectivity index (χ0n) is 15.3. The van der Waals surface area contributed by atoms with Crippen LogP contribution in [-0.4, -0.2) is 47.8 Å². The molecule has 0 radical (unpaired) electrons. The van der Waals surface area contributed by atoms with E-state index in [4.69, 9.17) is 9.47 Å². The first-order valence-electron chi connectivity index (χ1n) is 8.82. The predicted molar refractivity (Wildman–Crippen MR) is 93.7 cm³/mol. The van der Waals surface area contributed by atoms with Gasteiger partial charge in [-0.2, -0.15) is 0 Å². The van der Waals surface area contributed by atoms with Gasteiger partial charge in [0.1, 0.15) is 17.3 Å². The van der Waals surface area contributed by atoms with Crippen LogP contribution in [0.5, 0.6) is 0 Å². The summed E-state index contributed by atoms with van der Waals surface area (Å²) < 4.78 is 37.2. The Labute approximate surface area is 155 Å². The molecule has 1 spiro atoms. The van der Waals surface area contributed by atoms with E-state index in [0.29, 0.717) is 39.0 Å². The monoisotopic (exact) mass is 389 g/mol. The Balaban J connectivity index is 1.75. The number of carbonyl (C=O) groups is 1. The van der Waals surface area contributed by atoms with Crippen LogP contribution >= 0.6 is 11.3 Å². The van der Waals surface area contributed by atoms with E-state index in [1.54, 1.807) is 11.0 Å². The topological polar surface area (TPSA) is 59.0 Å². The SMILES string of the molecule is CC(C)(C)OC(=O)N1CCC2(CC1)OCCc1cc(C(O)C(F)F)sc12. The van der Waals surface area contributed by atoms with Gasteiger partial charge in [-0.15, -0.1) is 11.3 Å². The van der Waals surface area contributed by atoms with E-state index in [1.165, 1.54) is 11.3 Å². The van der Waals surface area contributed by atoms with Gasteiger partial charge in [0.05, 0.1) is 6.61 Å². The minimum atomic E-state index is -2.80. The van der Waals surface area contributed by atoms with E-state index in [9.17, 15) is 18.7 Å². The number of carbonyl (C=O) groups excluding carboxylic acids is 1. The molecule has 3 heterocycles. The third-order valence-corrected chi connectivity index (χ3v) is 6.18. The summed E-state index contributed by atoms with van der Waals surface area (Å²) in [6.45, 7) is 6.97. The van der Waals surface area contributed by atoms with Crippen LogP contribution in [0.1, 0.15) is 55.0 Å². The number of rotatable bonds is 2. The maximum atomic E-state index is 12.9. The van der Waals surface area contributed by atoms with Crippen LogP contribution in [0.15, 0.2) is 6.07 Å². The van der Waals surface area contributed by atoms with Crippen LogP contribution in [0.2, 0.25) is 0 Å². The Morgan fingerprint density at radius 2 is 2.04 bits per heavy atom. The molecule has 5 nitrogen and oxygen atoms in total. The summed E-state index contributed by atoms with van der Waals surface area (Å²) in [6.07, 6.45) is -3.08. The number of hydrogen-bond donors (Lipinski definition) is 1. The maximum Gasteiger partial charge on any atom is 0.410 e. The van der Waals surface area contributed by atoms with Crippen molar-refractivity contribution in [1.29, 1.82) is 0 Å². The summed E-state index contributed by atoms with van der Waals surface area (Å²) in [7, 11) is 0. The minimum absolute atomic E-state index is 0.282. The van der Waals surface area contributed by atoms with Crippen LogP contribution in [-0.2, 0) is 21.5 Å². The fraction of sp³-hybridized carbons (Fsp3) is 0.722. The van der Waals surface area contributed by atoms with Gasteiger partial charge < -0.3 is 19.5 Å². The Bertz CT molecular complexity index is 663. The molecule has 8 heteroatoms. The highest BCUT2D eigenvalue weighted by Gasteiger charge is 2.44. The Hall–Kier alpha value is -1.25. The lowest BCUT2D eigenvalue weighted by atomic mass is 9.85. The number of thiophene rings is 1. The normalized spacial score (nSPS) is 21.0. The highest BCUT2D eigenvalue weighted by Crippen LogP contribution is 2.47. The third kappa shape index (κ3) is 3.87. The summed E-state index contributed by atoms with van der Waals surface area (Å²) in [5.74, 6) is 0. The molecule has 1 amide bonds. The number of likely N-dealkylation sites (tertiary alicyclic amines) is 1. The lowest BCUT2D eigenvalue weighted by Gasteiger charge is -2.43. The second kappa shape index (κ2) is 7.05. The molecule has 1 aromatic heterocycles. The number of ether oxygens (including phenoxy) is 2. The molecule has 0 bridgehead atoms. The number of aliphatic hydroxyl groups is 1. The summed E-state index contributed by atoms with van der Waals surface area (Å²) in [4.78, 5) is 15.1. The van der Waals surface area contributed by atoms with E-state index in [-0.39, 0.29) is 11.0 Å². The zero-order valence-corrected chi connectivity index (χ0v) is 16.1. The second-order valence-electron chi connectivity index (χ2n) is 7.84. The van der Waals surface area contributed by atoms with Gasteiger partial charge in [0.25, 0.3) is 6.43 Å². The van der Waals surface area contributed by atoms with Crippen molar-refractivity contribution >= 4 is 17.4 Å². The number of fused-ring (bicyclic) bond motifs is 2. The molecule has 146 valence electrons. The molecule has 2 aliphatic rings. The molecule has 1 N–H and O–H groups in total. The summed E-state index contributed by atoms with van der Waals surface area (Å²) in [5, 5.41) is 9.71. The van der Waals surface area contributed by atoms with Crippen molar-refractivity contribution in [2.45, 2.75) is 63.8 Å². The smallest absolute Gasteiger partial charge is 0.410 e. The van der Waals surface area contributed by atoms with Crippen molar-refractivity contribution < 1.29 is 28.2 Å². The van der Waals surface area contributed by atoms with Gasteiger partial charge in [-0.05, 0) is 51.7 Å².